The van der Waals surface area contributed by atoms with Gasteiger partial charge >= 0.3 is 6.18 Å². The first-order chi connectivity index (χ1) is 20.0. The fourth-order valence-electron chi connectivity index (χ4n) is 8.84. The number of oxime groups is 1. The molecule has 0 radical (unpaired) electrons. The van der Waals surface area contributed by atoms with Crippen molar-refractivity contribution in [2.24, 2.45) is 27.8 Å². The fourth-order valence-corrected chi connectivity index (χ4v) is 8.84. The van der Waals surface area contributed by atoms with Crippen LogP contribution >= 0.6 is 0 Å². The van der Waals surface area contributed by atoms with E-state index < -0.39 is 23.2 Å². The molecule has 224 valence electrons. The van der Waals surface area contributed by atoms with Gasteiger partial charge in [0.15, 0.2) is 0 Å². The van der Waals surface area contributed by atoms with Crippen molar-refractivity contribution in [2.45, 2.75) is 70.6 Å². The minimum absolute atomic E-state index is 0.178. The van der Waals surface area contributed by atoms with Gasteiger partial charge in [0.1, 0.15) is 12.0 Å². The van der Waals surface area contributed by atoms with Crippen molar-refractivity contribution in [1.82, 2.24) is 0 Å². The molecule has 2 saturated carbocycles. The highest BCUT2D eigenvalue weighted by atomic mass is 19.4. The Morgan fingerprint density at radius 3 is 2.52 bits per heavy atom. The lowest BCUT2D eigenvalue weighted by Crippen LogP contribution is -2.51. The van der Waals surface area contributed by atoms with E-state index in [1.165, 1.54) is 12.8 Å². The summed E-state index contributed by atoms with van der Waals surface area (Å²) in [5, 5.41) is 12.8. The van der Waals surface area contributed by atoms with Crippen LogP contribution in [-0.4, -0.2) is 55.4 Å². The van der Waals surface area contributed by atoms with E-state index in [9.17, 15) is 23.2 Å². The van der Waals surface area contributed by atoms with Crippen molar-refractivity contribution in [3.8, 4) is 11.8 Å². The smallest absolute Gasteiger partial charge is 0.411 e. The number of ether oxygens (including phenoxy) is 1. The van der Waals surface area contributed by atoms with Gasteiger partial charge in [-0.05, 0) is 97.6 Å². The number of rotatable bonds is 3. The van der Waals surface area contributed by atoms with E-state index in [1.807, 2.05) is 6.92 Å². The molecule has 6 atom stereocenters. The molecule has 1 aliphatic heterocycles. The molecule has 1 unspecified atom stereocenters. The number of hydrogen-bond donors (Lipinski definition) is 1. The van der Waals surface area contributed by atoms with Crippen LogP contribution < -0.4 is 4.90 Å². The maximum absolute atomic E-state index is 15.9. The molecular weight excluding hydrogens is 548 g/mol. The van der Waals surface area contributed by atoms with Gasteiger partial charge in [0.05, 0.1) is 24.3 Å². The minimum atomic E-state index is -4.71. The van der Waals surface area contributed by atoms with Gasteiger partial charge in [0, 0.05) is 30.6 Å². The predicted molar refractivity (Wildman–Crippen MR) is 151 cm³/mol. The number of alkyl halides is 4. The number of ketones is 1. The van der Waals surface area contributed by atoms with E-state index in [0.717, 1.165) is 35.5 Å². The molecule has 42 heavy (non-hydrogen) atoms. The molecule has 0 amide bonds. The summed E-state index contributed by atoms with van der Waals surface area (Å²) in [6.07, 6.45) is -1.94. The highest BCUT2D eigenvalue weighted by molar-refractivity contribution is 5.97. The molecule has 0 spiro atoms. The molecule has 5 aliphatic rings. The maximum atomic E-state index is 15.9. The first-order valence-electron chi connectivity index (χ1n) is 14.8. The van der Waals surface area contributed by atoms with Crippen LogP contribution in [0.2, 0.25) is 0 Å². The zero-order chi connectivity index (χ0) is 29.9. The van der Waals surface area contributed by atoms with E-state index in [0.29, 0.717) is 50.2 Å². The van der Waals surface area contributed by atoms with Crippen LogP contribution in [0.3, 0.4) is 0 Å². The Labute approximate surface area is 243 Å². The van der Waals surface area contributed by atoms with Gasteiger partial charge in [-0.15, -0.1) is 0 Å². The molecule has 0 aromatic heterocycles. The number of halogens is 4. The summed E-state index contributed by atoms with van der Waals surface area (Å²) >= 11 is 0. The van der Waals surface area contributed by atoms with Crippen LogP contribution in [0, 0.1) is 34.5 Å². The summed E-state index contributed by atoms with van der Waals surface area (Å²) in [6, 6.07) is 8.29. The van der Waals surface area contributed by atoms with E-state index in [-0.39, 0.29) is 36.4 Å². The lowest BCUT2D eigenvalue weighted by molar-refractivity contribution is -0.130. The number of fused-ring (bicyclic) bond motifs is 4. The van der Waals surface area contributed by atoms with Gasteiger partial charge in [0.2, 0.25) is 0 Å². The standard InChI is InChI=1S/C33H36F4N2O3/c1-20(40)32(11-12-33(35,36)37)10-9-28-26-18-29(34)25-17-22(38-41)5-8-24(25)30(26)27(19-31(28,32)2)21-3-6-23(7-4-21)39-13-15-42-16-14-39/h3-4,6-7,17,26-29,41H,5,8-10,13-16,18-19H2,1-2H3/t26-,27+,28-,29?,31-,32-/m0/s1. The molecule has 1 aromatic carbocycles. The number of anilines is 1. The first-order valence-corrected chi connectivity index (χ1v) is 14.8. The number of Topliss-reactive ketones (excluding diaryl/α,β-unsaturated/α-hetero) is 1. The third kappa shape index (κ3) is 4.67. The quantitative estimate of drug-likeness (QED) is 0.184. The Morgan fingerprint density at radius 1 is 1.17 bits per heavy atom. The Bertz CT molecular complexity index is 1410. The summed E-state index contributed by atoms with van der Waals surface area (Å²) in [6.45, 7) is 6.18. The van der Waals surface area contributed by atoms with E-state index in [2.05, 4.69) is 40.2 Å². The summed E-state index contributed by atoms with van der Waals surface area (Å²) < 4.78 is 61.6. The molecule has 6 rings (SSSR count). The molecule has 0 bridgehead atoms. The average Bonchev–Trinajstić information content (AvgIpc) is 3.29. The number of carbonyl (C=O) groups is 1. The van der Waals surface area contributed by atoms with Crippen LogP contribution in [0.15, 0.2) is 52.2 Å². The molecule has 1 saturated heterocycles. The van der Waals surface area contributed by atoms with Crippen molar-refractivity contribution in [2.75, 3.05) is 31.2 Å². The van der Waals surface area contributed by atoms with Crippen LogP contribution in [0.1, 0.15) is 63.9 Å². The first kappa shape index (κ1) is 29.0. The summed E-state index contributed by atoms with van der Waals surface area (Å²) in [5.41, 5.74) is 2.82. The van der Waals surface area contributed by atoms with Gasteiger partial charge in [-0.2, -0.15) is 13.2 Å². The van der Waals surface area contributed by atoms with Crippen molar-refractivity contribution >= 4 is 17.2 Å². The Kier molecular flexibility index (Phi) is 7.28. The highest BCUT2D eigenvalue weighted by Gasteiger charge is 2.65. The van der Waals surface area contributed by atoms with Crippen molar-refractivity contribution in [1.29, 1.82) is 0 Å². The molecular formula is C33H36F4N2O3. The number of benzene rings is 1. The normalized spacial score (nSPS) is 35.5. The van der Waals surface area contributed by atoms with E-state index >= 15 is 4.39 Å². The van der Waals surface area contributed by atoms with Crippen molar-refractivity contribution in [3.05, 3.63) is 52.6 Å². The highest BCUT2D eigenvalue weighted by Crippen LogP contribution is 2.69. The third-order valence-corrected chi connectivity index (χ3v) is 10.8. The van der Waals surface area contributed by atoms with E-state index in [4.69, 9.17) is 4.74 Å². The van der Waals surface area contributed by atoms with Crippen molar-refractivity contribution in [3.63, 3.8) is 0 Å². The molecule has 1 heterocycles. The lowest BCUT2D eigenvalue weighted by Gasteiger charge is -2.55. The number of allylic oxidation sites excluding steroid dienone is 4. The monoisotopic (exact) mass is 584 g/mol. The minimum Gasteiger partial charge on any atom is -0.411 e. The van der Waals surface area contributed by atoms with Gasteiger partial charge in [-0.1, -0.05) is 35.7 Å². The Balaban J connectivity index is 1.50. The molecule has 1 N–H and O–H groups in total. The fraction of sp³-hybridized carbons (Fsp3) is 0.576. The van der Waals surface area contributed by atoms with Crippen LogP contribution in [0.25, 0.3) is 0 Å². The molecule has 1 aromatic rings. The largest absolute Gasteiger partial charge is 0.457 e. The predicted octanol–water partition coefficient (Wildman–Crippen LogP) is 6.77. The second-order valence-corrected chi connectivity index (χ2v) is 12.7. The third-order valence-electron chi connectivity index (χ3n) is 10.8. The molecule has 5 nitrogen and oxygen atoms in total. The molecule has 3 fully saturated rings. The molecule has 9 heteroatoms. The topological polar surface area (TPSA) is 62.1 Å². The van der Waals surface area contributed by atoms with Crippen molar-refractivity contribution < 1.29 is 32.3 Å². The maximum Gasteiger partial charge on any atom is 0.457 e. The number of carbonyl (C=O) groups excluding carboxylic acids is 1. The van der Waals surface area contributed by atoms with Crippen LogP contribution in [-0.2, 0) is 9.53 Å². The van der Waals surface area contributed by atoms with Gasteiger partial charge in [0.25, 0.3) is 0 Å². The van der Waals surface area contributed by atoms with Gasteiger partial charge < -0.3 is 14.8 Å². The SMILES string of the molecule is CC(=O)[C@@]1(C#CC(F)(F)F)CC[C@H]2[C@@H]3CC(F)C4=CC(=NO)CCC4=C3[C@@H](c3ccc(N4CCOCC4)cc3)C[C@@]21C. The zero-order valence-corrected chi connectivity index (χ0v) is 23.9. The lowest BCUT2D eigenvalue weighted by atomic mass is 9.48. The number of nitrogens with zero attached hydrogens (tertiary/aromatic N) is 2. The average molecular weight is 585 g/mol. The number of hydrogen-bond acceptors (Lipinski definition) is 5. The van der Waals surface area contributed by atoms with Gasteiger partial charge in [-0.25, -0.2) is 4.39 Å². The van der Waals surface area contributed by atoms with E-state index in [1.54, 1.807) is 6.08 Å². The summed E-state index contributed by atoms with van der Waals surface area (Å²) in [5.74, 6) is 2.96. The zero-order valence-electron chi connectivity index (χ0n) is 23.9. The summed E-state index contributed by atoms with van der Waals surface area (Å²) in [7, 11) is 0. The molecule has 4 aliphatic carbocycles. The second kappa shape index (κ2) is 10.6. The van der Waals surface area contributed by atoms with Crippen LogP contribution in [0.4, 0.5) is 23.2 Å². The van der Waals surface area contributed by atoms with Crippen LogP contribution in [0.5, 0.6) is 0 Å². The van der Waals surface area contributed by atoms with Gasteiger partial charge in [-0.3, -0.25) is 4.79 Å². The Morgan fingerprint density at radius 2 is 1.88 bits per heavy atom. The second-order valence-electron chi connectivity index (χ2n) is 12.7. The summed E-state index contributed by atoms with van der Waals surface area (Å²) in [4.78, 5) is 15.6. The number of morpholine rings is 1. The Hall–Kier alpha value is -3.12.